The molecule has 4 nitrogen and oxygen atoms in total. The van der Waals surface area contributed by atoms with Crippen LogP contribution in [0.4, 0.5) is 0 Å². The second-order valence-electron chi connectivity index (χ2n) is 9.03. The van der Waals surface area contributed by atoms with Gasteiger partial charge in [0.05, 0.1) is 0 Å². The van der Waals surface area contributed by atoms with Crippen LogP contribution in [-0.2, 0) is 28.0 Å². The van der Waals surface area contributed by atoms with E-state index in [0.717, 1.165) is 16.7 Å². The average Bonchev–Trinajstić information content (AvgIpc) is 2.69. The molecular weight excluding hydrogens is 372 g/mol. The molecule has 0 saturated heterocycles. The van der Waals surface area contributed by atoms with Crippen molar-refractivity contribution in [1.82, 2.24) is 10.2 Å². The van der Waals surface area contributed by atoms with Crippen molar-refractivity contribution in [2.75, 3.05) is 6.54 Å². The van der Waals surface area contributed by atoms with Gasteiger partial charge in [0.25, 0.3) is 0 Å². The molecule has 1 N–H and O–H groups in total. The highest BCUT2D eigenvalue weighted by molar-refractivity contribution is 5.87. The number of aryl methyl sites for hydroxylation is 2. The molecule has 0 aliphatic heterocycles. The fraction of sp³-hybridized carbons (Fsp3) is 0.462. The molecule has 2 rings (SSSR count). The van der Waals surface area contributed by atoms with Gasteiger partial charge < -0.3 is 10.2 Å². The Bertz CT molecular complexity index is 850. The van der Waals surface area contributed by atoms with Gasteiger partial charge in [-0.2, -0.15) is 0 Å². The largest absolute Gasteiger partial charge is 0.355 e. The third-order valence-electron chi connectivity index (χ3n) is 5.40. The highest BCUT2D eigenvalue weighted by Crippen LogP contribution is 2.22. The van der Waals surface area contributed by atoms with Crippen LogP contribution in [0.2, 0.25) is 0 Å². The Kier molecular flexibility index (Phi) is 8.22. The molecule has 0 spiro atoms. The van der Waals surface area contributed by atoms with E-state index in [2.05, 4.69) is 56.4 Å². The van der Waals surface area contributed by atoms with Crippen molar-refractivity contribution in [2.24, 2.45) is 0 Å². The monoisotopic (exact) mass is 408 g/mol. The minimum Gasteiger partial charge on any atom is -0.355 e. The number of carbonyl (C=O) groups is 2. The van der Waals surface area contributed by atoms with E-state index < -0.39 is 6.04 Å². The molecule has 2 aromatic carbocycles. The molecule has 1 atom stereocenters. The van der Waals surface area contributed by atoms with Gasteiger partial charge in [-0.15, -0.1) is 0 Å². The van der Waals surface area contributed by atoms with Crippen molar-refractivity contribution in [3.05, 3.63) is 70.8 Å². The van der Waals surface area contributed by atoms with E-state index in [1.807, 2.05) is 32.0 Å². The fourth-order valence-corrected chi connectivity index (χ4v) is 3.48. The van der Waals surface area contributed by atoms with Gasteiger partial charge >= 0.3 is 0 Å². The van der Waals surface area contributed by atoms with Crippen LogP contribution in [0.3, 0.4) is 0 Å². The third-order valence-corrected chi connectivity index (χ3v) is 5.40. The summed E-state index contributed by atoms with van der Waals surface area (Å²) < 4.78 is 0. The minimum atomic E-state index is -0.513. The summed E-state index contributed by atoms with van der Waals surface area (Å²) in [6.07, 6.45) is 1.04. The molecule has 162 valence electrons. The zero-order chi connectivity index (χ0) is 22.3. The summed E-state index contributed by atoms with van der Waals surface area (Å²) in [5.41, 5.74) is 4.71. The van der Waals surface area contributed by atoms with E-state index >= 15 is 0 Å². The lowest BCUT2D eigenvalue weighted by Gasteiger charge is -2.29. The Balaban J connectivity index is 2.12. The highest BCUT2D eigenvalue weighted by atomic mass is 16.2. The van der Waals surface area contributed by atoms with Gasteiger partial charge in [-0.3, -0.25) is 9.59 Å². The maximum atomic E-state index is 13.1. The molecule has 2 aromatic rings. The van der Waals surface area contributed by atoms with Crippen molar-refractivity contribution in [2.45, 2.75) is 72.4 Å². The van der Waals surface area contributed by atoms with Gasteiger partial charge in [-0.05, 0) is 49.3 Å². The molecule has 2 amide bonds. The molecule has 0 fully saturated rings. The number of benzene rings is 2. The number of rotatable bonds is 8. The van der Waals surface area contributed by atoms with Gasteiger partial charge in [0.2, 0.25) is 11.8 Å². The van der Waals surface area contributed by atoms with E-state index in [1.54, 1.807) is 11.8 Å². The number of nitrogens with zero attached hydrogens (tertiary/aromatic N) is 1. The van der Waals surface area contributed by atoms with E-state index in [4.69, 9.17) is 0 Å². The van der Waals surface area contributed by atoms with Crippen molar-refractivity contribution < 1.29 is 9.59 Å². The van der Waals surface area contributed by atoms with Gasteiger partial charge in [0.1, 0.15) is 6.04 Å². The Morgan fingerprint density at radius 2 is 1.70 bits per heavy atom. The zero-order valence-corrected chi connectivity index (χ0v) is 19.3. The number of nitrogens with one attached hydrogen (secondary N) is 1. The van der Waals surface area contributed by atoms with Gasteiger partial charge in [-0.25, -0.2) is 0 Å². The first kappa shape index (κ1) is 23.7. The van der Waals surface area contributed by atoms with Gasteiger partial charge in [0.15, 0.2) is 0 Å². The molecule has 1 unspecified atom stereocenters. The molecule has 0 saturated carbocycles. The van der Waals surface area contributed by atoms with E-state index in [-0.39, 0.29) is 17.2 Å². The van der Waals surface area contributed by atoms with Crippen molar-refractivity contribution in [3.63, 3.8) is 0 Å². The Hall–Kier alpha value is -2.62. The standard InChI is InChI=1S/C26H36N2O2/c1-7-27-25(30)20(3)28(18-22-10-8-9-19(2)17-22)24(29)16-13-21-11-14-23(15-12-21)26(4,5)6/h8-12,14-15,17,20H,7,13,16,18H2,1-6H3,(H,27,30). The normalized spacial score (nSPS) is 12.3. The highest BCUT2D eigenvalue weighted by Gasteiger charge is 2.25. The molecule has 0 heterocycles. The molecular formula is C26H36N2O2. The third kappa shape index (κ3) is 6.72. The maximum absolute atomic E-state index is 13.1. The van der Waals surface area contributed by atoms with Gasteiger partial charge in [-0.1, -0.05) is 74.9 Å². The first-order chi connectivity index (χ1) is 14.1. The lowest BCUT2D eigenvalue weighted by atomic mass is 9.86. The lowest BCUT2D eigenvalue weighted by Crippen LogP contribution is -2.47. The number of amides is 2. The Morgan fingerprint density at radius 1 is 1.03 bits per heavy atom. The lowest BCUT2D eigenvalue weighted by molar-refractivity contribution is -0.140. The summed E-state index contributed by atoms with van der Waals surface area (Å²) in [7, 11) is 0. The van der Waals surface area contributed by atoms with Crippen LogP contribution < -0.4 is 5.32 Å². The van der Waals surface area contributed by atoms with Crippen LogP contribution in [0.15, 0.2) is 48.5 Å². The number of hydrogen-bond donors (Lipinski definition) is 1. The van der Waals surface area contributed by atoms with Crippen molar-refractivity contribution in [3.8, 4) is 0 Å². The second kappa shape index (κ2) is 10.4. The average molecular weight is 409 g/mol. The predicted octanol–water partition coefficient (Wildman–Crippen LogP) is 4.78. The van der Waals surface area contributed by atoms with Gasteiger partial charge in [0, 0.05) is 19.5 Å². The summed E-state index contributed by atoms with van der Waals surface area (Å²) in [5, 5.41) is 2.84. The second-order valence-corrected chi connectivity index (χ2v) is 9.03. The minimum absolute atomic E-state index is 0.00448. The molecule has 30 heavy (non-hydrogen) atoms. The topological polar surface area (TPSA) is 49.4 Å². The maximum Gasteiger partial charge on any atom is 0.242 e. The quantitative estimate of drug-likeness (QED) is 0.683. The summed E-state index contributed by atoms with van der Waals surface area (Å²) >= 11 is 0. The van der Waals surface area contributed by atoms with Crippen LogP contribution >= 0.6 is 0 Å². The first-order valence-electron chi connectivity index (χ1n) is 10.8. The van der Waals surface area contributed by atoms with E-state index in [1.165, 1.54) is 5.56 Å². The van der Waals surface area contributed by atoms with E-state index in [9.17, 15) is 9.59 Å². The Labute approximate surface area is 181 Å². The van der Waals surface area contributed by atoms with Crippen LogP contribution in [0.5, 0.6) is 0 Å². The molecule has 0 aliphatic carbocycles. The zero-order valence-electron chi connectivity index (χ0n) is 19.3. The molecule has 0 aromatic heterocycles. The molecule has 0 radical (unpaired) electrons. The fourth-order valence-electron chi connectivity index (χ4n) is 3.48. The predicted molar refractivity (Wildman–Crippen MR) is 123 cm³/mol. The van der Waals surface area contributed by atoms with Crippen LogP contribution in [0.1, 0.15) is 63.3 Å². The van der Waals surface area contributed by atoms with Crippen molar-refractivity contribution >= 4 is 11.8 Å². The van der Waals surface area contributed by atoms with Crippen molar-refractivity contribution in [1.29, 1.82) is 0 Å². The summed E-state index contributed by atoms with van der Waals surface area (Å²) in [5.74, 6) is -0.122. The SMILES string of the molecule is CCNC(=O)C(C)N(Cc1cccc(C)c1)C(=O)CCc1ccc(C(C)(C)C)cc1. The summed E-state index contributed by atoms with van der Waals surface area (Å²) in [4.78, 5) is 27.3. The number of likely N-dealkylation sites (N-methyl/N-ethyl adjacent to an activating group) is 1. The van der Waals surface area contributed by atoms with E-state index in [0.29, 0.717) is 25.9 Å². The summed E-state index contributed by atoms with van der Waals surface area (Å²) in [6, 6.07) is 16.1. The molecule has 4 heteroatoms. The molecule has 0 aliphatic rings. The smallest absolute Gasteiger partial charge is 0.242 e. The number of carbonyl (C=O) groups excluding carboxylic acids is 2. The Morgan fingerprint density at radius 3 is 2.27 bits per heavy atom. The first-order valence-corrected chi connectivity index (χ1v) is 10.8. The van der Waals surface area contributed by atoms with Crippen LogP contribution in [0, 0.1) is 6.92 Å². The number of hydrogen-bond acceptors (Lipinski definition) is 2. The summed E-state index contributed by atoms with van der Waals surface area (Å²) in [6.45, 7) is 13.3. The van der Waals surface area contributed by atoms with Crippen LogP contribution in [0.25, 0.3) is 0 Å². The molecule has 0 bridgehead atoms. The van der Waals surface area contributed by atoms with Crippen LogP contribution in [-0.4, -0.2) is 29.3 Å².